The van der Waals surface area contributed by atoms with Crippen LogP contribution in [-0.2, 0) is 0 Å². The minimum atomic E-state index is 0.299. The minimum Gasteiger partial charge on any atom is -0.464 e. The van der Waals surface area contributed by atoms with E-state index in [1.165, 1.54) is 0 Å². The van der Waals surface area contributed by atoms with Crippen molar-refractivity contribution in [1.82, 2.24) is 4.98 Å². The molecule has 0 saturated heterocycles. The summed E-state index contributed by atoms with van der Waals surface area (Å²) in [6.07, 6.45) is 1.78. The van der Waals surface area contributed by atoms with Crippen molar-refractivity contribution in [3.05, 3.63) is 41.6 Å². The molecule has 0 aliphatic rings. The average Bonchev–Trinajstić information content (AvgIpc) is 3.03. The van der Waals surface area contributed by atoms with Crippen molar-refractivity contribution in [1.29, 1.82) is 0 Å². The first-order valence-corrected chi connectivity index (χ1v) is 6.79. The van der Waals surface area contributed by atoms with Gasteiger partial charge in [-0.15, -0.1) is 11.3 Å². The van der Waals surface area contributed by atoms with Gasteiger partial charge in [-0.05, 0) is 6.07 Å². The van der Waals surface area contributed by atoms with E-state index in [4.69, 9.17) is 10.2 Å². The van der Waals surface area contributed by atoms with Crippen LogP contribution in [0.4, 0.5) is 0 Å². The molecule has 0 radical (unpaired) electrons. The van der Waals surface area contributed by atoms with Gasteiger partial charge in [0.25, 0.3) is 0 Å². The van der Waals surface area contributed by atoms with Crippen LogP contribution < -0.4 is 5.73 Å². The van der Waals surface area contributed by atoms with Crippen LogP contribution in [0.15, 0.2) is 40.3 Å². The number of fused-ring (bicyclic) bond motifs is 1. The molecule has 0 amide bonds. The summed E-state index contributed by atoms with van der Waals surface area (Å²) in [4.78, 5) is 4.65. The van der Waals surface area contributed by atoms with Crippen LogP contribution in [0, 0.1) is 0 Å². The third kappa shape index (κ3) is 1.83. The van der Waals surface area contributed by atoms with Gasteiger partial charge >= 0.3 is 0 Å². The van der Waals surface area contributed by atoms with Gasteiger partial charge in [0.15, 0.2) is 0 Å². The van der Waals surface area contributed by atoms with Gasteiger partial charge in [-0.25, -0.2) is 4.98 Å². The second-order valence-corrected chi connectivity index (χ2v) is 5.22. The van der Waals surface area contributed by atoms with E-state index in [9.17, 15) is 0 Å². The highest BCUT2D eigenvalue weighted by molar-refractivity contribution is 7.13. The van der Waals surface area contributed by atoms with Gasteiger partial charge < -0.3 is 10.2 Å². The largest absolute Gasteiger partial charge is 0.464 e. The Balaban J connectivity index is 2.07. The van der Waals surface area contributed by atoms with Gasteiger partial charge in [-0.1, -0.05) is 25.1 Å². The zero-order valence-electron chi connectivity index (χ0n) is 10.1. The lowest BCUT2D eigenvalue weighted by Gasteiger charge is -2.02. The molecule has 18 heavy (non-hydrogen) atoms. The Morgan fingerprint density at radius 1 is 1.39 bits per heavy atom. The standard InChI is InChI=1S/C14H14N2OS/c1-9(6-15)12-8-18-14(16-12)11-7-17-13-5-3-2-4-10(11)13/h2-5,7-9H,6,15H2,1H3. The maximum Gasteiger partial charge on any atom is 0.134 e. The number of rotatable bonds is 3. The molecule has 4 heteroatoms. The molecule has 0 saturated carbocycles. The lowest BCUT2D eigenvalue weighted by Crippen LogP contribution is -2.08. The normalized spacial score (nSPS) is 13.0. The molecule has 1 aromatic carbocycles. The molecule has 0 aliphatic heterocycles. The number of nitrogens with zero attached hydrogens (tertiary/aromatic N) is 1. The lowest BCUT2D eigenvalue weighted by atomic mass is 10.1. The molecule has 3 aromatic rings. The summed E-state index contributed by atoms with van der Waals surface area (Å²) < 4.78 is 5.54. The van der Waals surface area contributed by atoms with Gasteiger partial charge in [0, 0.05) is 23.2 Å². The lowest BCUT2D eigenvalue weighted by molar-refractivity contribution is 0.617. The zero-order valence-corrected chi connectivity index (χ0v) is 10.9. The summed E-state index contributed by atoms with van der Waals surface area (Å²) in [6, 6.07) is 8.01. The Hall–Kier alpha value is -1.65. The fourth-order valence-electron chi connectivity index (χ4n) is 1.90. The molecular formula is C14H14N2OS. The highest BCUT2D eigenvalue weighted by atomic mass is 32.1. The second-order valence-electron chi connectivity index (χ2n) is 4.36. The highest BCUT2D eigenvalue weighted by Crippen LogP contribution is 2.33. The van der Waals surface area contributed by atoms with Crippen LogP contribution in [0.3, 0.4) is 0 Å². The molecule has 3 nitrogen and oxygen atoms in total. The number of nitrogens with two attached hydrogens (primary N) is 1. The Labute approximate surface area is 109 Å². The van der Waals surface area contributed by atoms with Crippen LogP contribution in [-0.4, -0.2) is 11.5 Å². The van der Waals surface area contributed by atoms with Gasteiger partial charge in [0.2, 0.25) is 0 Å². The first kappa shape index (κ1) is 11.4. The number of hydrogen-bond donors (Lipinski definition) is 1. The Kier molecular flexibility index (Phi) is 2.89. The first-order valence-electron chi connectivity index (χ1n) is 5.91. The molecule has 1 atom stereocenters. The minimum absolute atomic E-state index is 0.299. The van der Waals surface area contributed by atoms with Crippen LogP contribution >= 0.6 is 11.3 Å². The van der Waals surface area contributed by atoms with E-state index in [-0.39, 0.29) is 0 Å². The molecule has 2 N–H and O–H groups in total. The molecule has 2 heterocycles. The molecule has 0 aliphatic carbocycles. The fourth-order valence-corrected chi connectivity index (χ4v) is 2.86. The quantitative estimate of drug-likeness (QED) is 0.780. The number of para-hydroxylation sites is 1. The third-order valence-electron chi connectivity index (χ3n) is 3.09. The van der Waals surface area contributed by atoms with Crippen LogP contribution in [0.1, 0.15) is 18.5 Å². The van der Waals surface area contributed by atoms with Gasteiger partial charge in [0.1, 0.15) is 16.9 Å². The van der Waals surface area contributed by atoms with E-state index in [1.807, 2.05) is 18.2 Å². The van der Waals surface area contributed by atoms with E-state index in [2.05, 4.69) is 23.4 Å². The summed E-state index contributed by atoms with van der Waals surface area (Å²) in [7, 11) is 0. The van der Waals surface area contributed by atoms with Crippen molar-refractivity contribution in [2.45, 2.75) is 12.8 Å². The monoisotopic (exact) mass is 258 g/mol. The Bertz CT molecular complexity index is 671. The van der Waals surface area contributed by atoms with Crippen LogP contribution in [0.2, 0.25) is 0 Å². The van der Waals surface area contributed by atoms with E-state index in [1.54, 1.807) is 17.6 Å². The van der Waals surface area contributed by atoms with Crippen molar-refractivity contribution in [3.63, 3.8) is 0 Å². The summed E-state index contributed by atoms with van der Waals surface area (Å²) in [5, 5.41) is 4.18. The predicted octanol–water partition coefficient (Wildman–Crippen LogP) is 3.62. The number of hydrogen-bond acceptors (Lipinski definition) is 4. The Morgan fingerprint density at radius 3 is 3.06 bits per heavy atom. The molecular weight excluding hydrogens is 244 g/mol. The van der Waals surface area contributed by atoms with E-state index >= 15 is 0 Å². The van der Waals surface area contributed by atoms with Crippen molar-refractivity contribution in [2.24, 2.45) is 5.73 Å². The van der Waals surface area contributed by atoms with E-state index < -0.39 is 0 Å². The second kappa shape index (κ2) is 4.55. The number of benzene rings is 1. The summed E-state index contributed by atoms with van der Waals surface area (Å²) in [5.74, 6) is 0.299. The molecule has 0 bridgehead atoms. The highest BCUT2D eigenvalue weighted by Gasteiger charge is 2.13. The van der Waals surface area contributed by atoms with Crippen molar-refractivity contribution in [3.8, 4) is 10.6 Å². The van der Waals surface area contributed by atoms with Crippen molar-refractivity contribution >= 4 is 22.3 Å². The topological polar surface area (TPSA) is 52.0 Å². The fraction of sp³-hybridized carbons (Fsp3) is 0.214. The van der Waals surface area contributed by atoms with Gasteiger partial charge in [-0.3, -0.25) is 0 Å². The maximum atomic E-state index is 5.67. The Morgan fingerprint density at radius 2 is 2.22 bits per heavy atom. The van der Waals surface area contributed by atoms with Crippen LogP contribution in [0.5, 0.6) is 0 Å². The third-order valence-corrected chi connectivity index (χ3v) is 3.99. The molecule has 3 rings (SSSR count). The van der Waals surface area contributed by atoms with E-state index in [0.717, 1.165) is 27.2 Å². The van der Waals surface area contributed by atoms with Crippen LogP contribution in [0.25, 0.3) is 21.5 Å². The van der Waals surface area contributed by atoms with Gasteiger partial charge in [-0.2, -0.15) is 0 Å². The first-order chi connectivity index (χ1) is 8.79. The number of thiazole rings is 1. The van der Waals surface area contributed by atoms with E-state index in [0.29, 0.717) is 12.5 Å². The maximum absolute atomic E-state index is 5.67. The molecule has 2 aromatic heterocycles. The molecule has 1 unspecified atom stereocenters. The number of furan rings is 1. The zero-order chi connectivity index (χ0) is 12.5. The van der Waals surface area contributed by atoms with Crippen molar-refractivity contribution < 1.29 is 4.42 Å². The van der Waals surface area contributed by atoms with Crippen molar-refractivity contribution in [2.75, 3.05) is 6.54 Å². The van der Waals surface area contributed by atoms with Gasteiger partial charge in [0.05, 0.1) is 11.3 Å². The summed E-state index contributed by atoms with van der Waals surface area (Å²) in [5.41, 5.74) is 8.69. The molecule has 92 valence electrons. The number of aromatic nitrogens is 1. The average molecular weight is 258 g/mol. The summed E-state index contributed by atoms with van der Waals surface area (Å²) >= 11 is 1.64. The predicted molar refractivity (Wildman–Crippen MR) is 74.8 cm³/mol. The smallest absolute Gasteiger partial charge is 0.134 e. The molecule has 0 fully saturated rings. The summed E-state index contributed by atoms with van der Waals surface area (Å²) in [6.45, 7) is 2.71. The molecule has 0 spiro atoms. The SMILES string of the molecule is CC(CN)c1csc(-c2coc3ccccc23)n1.